The molecule has 2 N–H and O–H groups in total. The van der Waals surface area contributed by atoms with E-state index in [1.807, 2.05) is 0 Å². The van der Waals surface area contributed by atoms with E-state index in [0.717, 1.165) is 0 Å². The smallest absolute Gasteiger partial charge is 0.328 e. The Kier molecular flexibility index (Phi) is 4.10. The van der Waals surface area contributed by atoms with E-state index >= 15 is 0 Å². The van der Waals surface area contributed by atoms with E-state index in [9.17, 15) is 14.7 Å². The number of hydrogen-bond acceptors (Lipinski definition) is 4. The Labute approximate surface area is 133 Å². The van der Waals surface area contributed by atoms with Gasteiger partial charge in [-0.3, -0.25) is 4.79 Å². The predicted molar refractivity (Wildman–Crippen MR) is 80.4 cm³/mol. The molecule has 118 valence electrons. The van der Waals surface area contributed by atoms with Crippen LogP contribution in [0.15, 0.2) is 24.3 Å². The lowest BCUT2D eigenvalue weighted by Gasteiger charge is -2.19. The number of aliphatic hydroxyl groups excluding tert-OH is 1. The Hall–Kier alpha value is -1.59. The third kappa shape index (κ3) is 2.83. The number of carbonyl (C=O) groups excluding carboxylic acids is 2. The Morgan fingerprint density at radius 2 is 1.86 bits per heavy atom. The zero-order valence-electron chi connectivity index (χ0n) is 12.2. The zero-order valence-corrected chi connectivity index (χ0v) is 12.9. The SMILES string of the molecule is COC(=O)C(NC(=O)c1ccc(Cl)cc1)C1C2CC(O)CC21. The minimum absolute atomic E-state index is 0.0621. The number of ether oxygens (including phenoxy) is 1. The first-order valence-corrected chi connectivity index (χ1v) is 7.71. The minimum Gasteiger partial charge on any atom is -0.467 e. The second-order valence-electron chi connectivity index (χ2n) is 6.01. The van der Waals surface area contributed by atoms with Crippen molar-refractivity contribution < 1.29 is 19.4 Å². The topological polar surface area (TPSA) is 75.6 Å². The van der Waals surface area contributed by atoms with Gasteiger partial charge in [-0.05, 0) is 54.9 Å². The van der Waals surface area contributed by atoms with Gasteiger partial charge < -0.3 is 15.2 Å². The summed E-state index contributed by atoms with van der Waals surface area (Å²) < 4.78 is 4.82. The van der Waals surface area contributed by atoms with Crippen LogP contribution < -0.4 is 5.32 Å². The van der Waals surface area contributed by atoms with Crippen LogP contribution in [0.5, 0.6) is 0 Å². The van der Waals surface area contributed by atoms with Gasteiger partial charge in [0, 0.05) is 10.6 Å². The lowest BCUT2D eigenvalue weighted by Crippen LogP contribution is -2.44. The highest BCUT2D eigenvalue weighted by Gasteiger charge is 2.60. The number of nitrogens with one attached hydrogen (secondary N) is 1. The largest absolute Gasteiger partial charge is 0.467 e. The van der Waals surface area contributed by atoms with Crippen molar-refractivity contribution >= 4 is 23.5 Å². The molecule has 1 amide bonds. The molecular weight excluding hydrogens is 306 g/mol. The highest BCUT2D eigenvalue weighted by molar-refractivity contribution is 6.30. The molecule has 3 unspecified atom stereocenters. The van der Waals surface area contributed by atoms with Crippen molar-refractivity contribution in [3.8, 4) is 0 Å². The Bertz CT molecular complexity index is 576. The summed E-state index contributed by atoms with van der Waals surface area (Å²) >= 11 is 5.80. The Balaban J connectivity index is 1.70. The fraction of sp³-hybridized carbons (Fsp3) is 0.500. The Morgan fingerprint density at radius 3 is 2.41 bits per heavy atom. The second-order valence-corrected chi connectivity index (χ2v) is 6.45. The molecule has 0 radical (unpaired) electrons. The van der Waals surface area contributed by atoms with Crippen LogP contribution in [-0.2, 0) is 9.53 Å². The monoisotopic (exact) mass is 323 g/mol. The summed E-state index contributed by atoms with van der Waals surface area (Å²) in [5.74, 6) is -0.102. The molecule has 22 heavy (non-hydrogen) atoms. The van der Waals surface area contributed by atoms with Crippen molar-refractivity contribution in [1.29, 1.82) is 0 Å². The molecule has 2 fully saturated rings. The van der Waals surface area contributed by atoms with Gasteiger partial charge in [0.2, 0.25) is 0 Å². The summed E-state index contributed by atoms with van der Waals surface area (Å²) in [5, 5.41) is 12.9. The summed E-state index contributed by atoms with van der Waals surface area (Å²) in [5.41, 5.74) is 0.448. The average Bonchev–Trinajstić information content (AvgIpc) is 3.00. The third-order valence-electron chi connectivity index (χ3n) is 4.72. The van der Waals surface area contributed by atoms with E-state index in [1.54, 1.807) is 24.3 Å². The average molecular weight is 324 g/mol. The van der Waals surface area contributed by atoms with E-state index in [4.69, 9.17) is 16.3 Å². The van der Waals surface area contributed by atoms with Gasteiger partial charge in [0.15, 0.2) is 0 Å². The van der Waals surface area contributed by atoms with Crippen LogP contribution in [-0.4, -0.2) is 36.2 Å². The van der Waals surface area contributed by atoms with E-state index in [2.05, 4.69) is 5.32 Å². The first-order valence-electron chi connectivity index (χ1n) is 7.33. The van der Waals surface area contributed by atoms with Gasteiger partial charge in [-0.15, -0.1) is 0 Å². The van der Waals surface area contributed by atoms with Crippen LogP contribution in [0.25, 0.3) is 0 Å². The standard InChI is InChI=1S/C16H18ClNO4/c1-22-16(21)14(13-11-6-10(19)7-12(11)13)18-15(20)8-2-4-9(17)5-3-8/h2-5,10-14,19H,6-7H2,1H3,(H,18,20). The lowest BCUT2D eigenvalue weighted by molar-refractivity contribution is -0.143. The molecule has 0 heterocycles. The van der Waals surface area contributed by atoms with Gasteiger partial charge >= 0.3 is 5.97 Å². The number of methoxy groups -OCH3 is 1. The number of benzene rings is 1. The zero-order chi connectivity index (χ0) is 15.9. The van der Waals surface area contributed by atoms with E-state index in [1.165, 1.54) is 7.11 Å². The minimum atomic E-state index is -0.657. The summed E-state index contributed by atoms with van der Waals surface area (Å²) in [4.78, 5) is 24.3. The number of halogens is 1. The van der Waals surface area contributed by atoms with Crippen LogP contribution in [0.3, 0.4) is 0 Å². The first-order chi connectivity index (χ1) is 10.5. The quantitative estimate of drug-likeness (QED) is 0.826. The highest BCUT2D eigenvalue weighted by Crippen LogP contribution is 2.59. The van der Waals surface area contributed by atoms with Gasteiger partial charge in [0.25, 0.3) is 5.91 Å². The summed E-state index contributed by atoms with van der Waals surface area (Å²) in [6.07, 6.45) is 1.11. The fourth-order valence-electron chi connectivity index (χ4n) is 3.62. The maximum Gasteiger partial charge on any atom is 0.328 e. The van der Waals surface area contributed by atoms with Crippen molar-refractivity contribution in [2.75, 3.05) is 7.11 Å². The number of amides is 1. The molecule has 6 heteroatoms. The summed E-state index contributed by atoms with van der Waals surface area (Å²) in [7, 11) is 1.32. The molecule has 5 nitrogen and oxygen atoms in total. The molecule has 0 aliphatic heterocycles. The highest BCUT2D eigenvalue weighted by atomic mass is 35.5. The van der Waals surface area contributed by atoms with Crippen molar-refractivity contribution in [2.24, 2.45) is 17.8 Å². The third-order valence-corrected chi connectivity index (χ3v) is 4.97. The maximum atomic E-state index is 12.3. The number of esters is 1. The van der Waals surface area contributed by atoms with Crippen LogP contribution in [0.4, 0.5) is 0 Å². The predicted octanol–water partition coefficient (Wildman–Crippen LogP) is 1.63. The molecule has 0 bridgehead atoms. The van der Waals surface area contributed by atoms with Crippen LogP contribution in [0.1, 0.15) is 23.2 Å². The second kappa shape index (κ2) is 5.89. The molecular formula is C16H18ClNO4. The van der Waals surface area contributed by atoms with E-state index in [-0.39, 0.29) is 17.9 Å². The summed E-state index contributed by atoms with van der Waals surface area (Å²) in [6.45, 7) is 0. The normalized spacial score (nSPS) is 30.3. The van der Waals surface area contributed by atoms with Gasteiger partial charge in [-0.25, -0.2) is 4.79 Å². The van der Waals surface area contributed by atoms with Gasteiger partial charge in [0.05, 0.1) is 13.2 Å². The number of carbonyl (C=O) groups is 2. The van der Waals surface area contributed by atoms with Crippen LogP contribution >= 0.6 is 11.6 Å². The molecule has 0 saturated heterocycles. The molecule has 3 atom stereocenters. The van der Waals surface area contributed by atoms with Crippen LogP contribution in [0, 0.1) is 17.8 Å². The molecule has 2 aliphatic carbocycles. The molecule has 0 aromatic heterocycles. The van der Waals surface area contributed by atoms with Gasteiger partial charge in [-0.1, -0.05) is 11.6 Å². The number of fused-ring (bicyclic) bond motifs is 1. The molecule has 1 aromatic rings. The van der Waals surface area contributed by atoms with Gasteiger partial charge in [-0.2, -0.15) is 0 Å². The lowest BCUT2D eigenvalue weighted by atomic mass is 10.0. The first kappa shape index (κ1) is 15.3. The summed E-state index contributed by atoms with van der Waals surface area (Å²) in [6, 6.07) is 5.83. The van der Waals surface area contributed by atoms with Crippen molar-refractivity contribution in [3.05, 3.63) is 34.9 Å². The van der Waals surface area contributed by atoms with E-state index < -0.39 is 12.0 Å². The van der Waals surface area contributed by atoms with Crippen molar-refractivity contribution in [1.82, 2.24) is 5.32 Å². The number of rotatable bonds is 4. The van der Waals surface area contributed by atoms with Crippen molar-refractivity contribution in [2.45, 2.75) is 25.0 Å². The van der Waals surface area contributed by atoms with Gasteiger partial charge in [0.1, 0.15) is 6.04 Å². The number of aliphatic hydroxyl groups is 1. The Morgan fingerprint density at radius 1 is 1.27 bits per heavy atom. The molecule has 2 saturated carbocycles. The number of hydrogen-bond donors (Lipinski definition) is 2. The molecule has 3 rings (SSSR count). The molecule has 1 aromatic carbocycles. The molecule has 0 spiro atoms. The molecule has 2 aliphatic rings. The van der Waals surface area contributed by atoms with Crippen molar-refractivity contribution in [3.63, 3.8) is 0 Å². The van der Waals surface area contributed by atoms with E-state index in [0.29, 0.717) is 35.3 Å². The maximum absolute atomic E-state index is 12.3. The van der Waals surface area contributed by atoms with Crippen LogP contribution in [0.2, 0.25) is 5.02 Å². The fourth-order valence-corrected chi connectivity index (χ4v) is 3.75.